The Bertz CT molecular complexity index is 509. The van der Waals surface area contributed by atoms with Gasteiger partial charge in [0.05, 0.1) is 0 Å². The van der Waals surface area contributed by atoms with Crippen molar-refractivity contribution >= 4 is 0 Å². The zero-order valence-corrected chi connectivity index (χ0v) is 15.0. The average molecular weight is 328 g/mol. The molecule has 3 heteroatoms. The molecule has 1 atom stereocenters. The average Bonchev–Trinajstić information content (AvgIpc) is 3.51. The Kier molecular flexibility index (Phi) is 4.93. The quantitative estimate of drug-likeness (QED) is 0.796. The fraction of sp³-hybridized carbons (Fsp3) is 0.714. The fourth-order valence-electron chi connectivity index (χ4n) is 4.42. The molecule has 0 aromatic heterocycles. The van der Waals surface area contributed by atoms with Gasteiger partial charge in [0, 0.05) is 38.3 Å². The van der Waals surface area contributed by atoms with Gasteiger partial charge in [0.15, 0.2) is 0 Å². The van der Waals surface area contributed by atoms with E-state index in [1.54, 1.807) is 0 Å². The van der Waals surface area contributed by atoms with Crippen molar-refractivity contribution in [2.75, 3.05) is 32.7 Å². The number of rotatable bonds is 8. The summed E-state index contributed by atoms with van der Waals surface area (Å²) in [7, 11) is 0. The summed E-state index contributed by atoms with van der Waals surface area (Å²) in [6, 6.07) is 10.9. The molecule has 1 heterocycles. The second-order valence-electron chi connectivity index (χ2n) is 8.52. The van der Waals surface area contributed by atoms with E-state index in [4.69, 9.17) is 5.73 Å². The molecule has 0 amide bonds. The lowest BCUT2D eigenvalue weighted by Crippen LogP contribution is -2.63. The number of likely N-dealkylation sites (tertiary alicyclic amines) is 1. The second-order valence-corrected chi connectivity index (χ2v) is 8.52. The van der Waals surface area contributed by atoms with E-state index in [2.05, 4.69) is 40.1 Å². The van der Waals surface area contributed by atoms with Gasteiger partial charge in [-0.05, 0) is 62.5 Å². The van der Waals surface area contributed by atoms with Crippen LogP contribution in [0.3, 0.4) is 0 Å². The van der Waals surface area contributed by atoms with Gasteiger partial charge in [-0.25, -0.2) is 0 Å². The molecule has 1 saturated heterocycles. The molecule has 0 radical (unpaired) electrons. The van der Waals surface area contributed by atoms with Crippen LogP contribution in [0.15, 0.2) is 30.3 Å². The van der Waals surface area contributed by atoms with E-state index in [0.29, 0.717) is 0 Å². The summed E-state index contributed by atoms with van der Waals surface area (Å²) in [5.41, 5.74) is 8.07. The van der Waals surface area contributed by atoms with Crippen LogP contribution in [0.25, 0.3) is 0 Å². The predicted octanol–water partition coefficient (Wildman–Crippen LogP) is 3.10. The van der Waals surface area contributed by atoms with Crippen molar-refractivity contribution in [1.82, 2.24) is 9.80 Å². The molecule has 0 spiro atoms. The van der Waals surface area contributed by atoms with Crippen LogP contribution in [-0.4, -0.2) is 48.1 Å². The molecule has 2 saturated carbocycles. The molecule has 1 aromatic rings. The summed E-state index contributed by atoms with van der Waals surface area (Å²) in [6.45, 7) is 6.86. The molecule has 0 bridgehead atoms. The van der Waals surface area contributed by atoms with Crippen molar-refractivity contribution < 1.29 is 0 Å². The van der Waals surface area contributed by atoms with E-state index in [1.807, 2.05) is 0 Å². The van der Waals surface area contributed by atoms with Gasteiger partial charge >= 0.3 is 0 Å². The molecule has 3 nitrogen and oxygen atoms in total. The third-order valence-corrected chi connectivity index (χ3v) is 6.29. The molecule has 2 N–H and O–H groups in total. The lowest BCUT2D eigenvalue weighted by molar-refractivity contribution is 0.00731. The third-order valence-electron chi connectivity index (χ3n) is 6.29. The minimum absolute atomic E-state index is 0.220. The van der Waals surface area contributed by atoms with E-state index < -0.39 is 0 Å². The summed E-state index contributed by atoms with van der Waals surface area (Å²) < 4.78 is 0. The van der Waals surface area contributed by atoms with Gasteiger partial charge in [0.25, 0.3) is 0 Å². The molecule has 1 aliphatic heterocycles. The smallest absolute Gasteiger partial charge is 0.0459 e. The first-order valence-electron chi connectivity index (χ1n) is 9.99. The number of benzene rings is 1. The summed E-state index contributed by atoms with van der Waals surface area (Å²) in [5.74, 6) is 1.91. The maximum absolute atomic E-state index is 6.42. The first-order valence-corrected chi connectivity index (χ1v) is 9.99. The van der Waals surface area contributed by atoms with E-state index in [1.165, 1.54) is 63.7 Å². The van der Waals surface area contributed by atoms with Gasteiger partial charge in [-0.15, -0.1) is 0 Å². The summed E-state index contributed by atoms with van der Waals surface area (Å²) in [6.07, 6.45) is 8.33. The molecular formula is C21H33N3. The minimum Gasteiger partial charge on any atom is -0.329 e. The zero-order valence-electron chi connectivity index (χ0n) is 15.0. The Morgan fingerprint density at radius 3 is 2.29 bits per heavy atom. The van der Waals surface area contributed by atoms with Crippen LogP contribution in [0.2, 0.25) is 0 Å². The first kappa shape index (κ1) is 16.6. The molecule has 1 unspecified atom stereocenters. The Morgan fingerprint density at radius 2 is 1.71 bits per heavy atom. The Labute approximate surface area is 147 Å². The maximum Gasteiger partial charge on any atom is 0.0459 e. The highest BCUT2D eigenvalue weighted by Crippen LogP contribution is 2.38. The van der Waals surface area contributed by atoms with Gasteiger partial charge in [0.1, 0.15) is 0 Å². The van der Waals surface area contributed by atoms with E-state index in [9.17, 15) is 0 Å². The lowest BCUT2D eigenvalue weighted by atomic mass is 9.86. The van der Waals surface area contributed by atoms with Gasteiger partial charge in [-0.3, -0.25) is 9.80 Å². The molecule has 132 valence electrons. The van der Waals surface area contributed by atoms with Crippen LogP contribution in [-0.2, 0) is 6.54 Å². The minimum atomic E-state index is 0.220. The largest absolute Gasteiger partial charge is 0.329 e. The first-order chi connectivity index (χ1) is 11.8. The molecule has 4 rings (SSSR count). The van der Waals surface area contributed by atoms with Gasteiger partial charge < -0.3 is 5.73 Å². The van der Waals surface area contributed by atoms with Crippen LogP contribution >= 0.6 is 0 Å². The van der Waals surface area contributed by atoms with Crippen LogP contribution in [0.5, 0.6) is 0 Å². The highest BCUT2D eigenvalue weighted by Gasteiger charge is 2.43. The molecular weight excluding hydrogens is 294 g/mol. The number of hydrogen-bond acceptors (Lipinski definition) is 3. The highest BCUT2D eigenvalue weighted by atomic mass is 15.3. The number of hydrogen-bond donors (Lipinski definition) is 1. The van der Waals surface area contributed by atoms with Crippen LogP contribution < -0.4 is 5.73 Å². The monoisotopic (exact) mass is 327 g/mol. The Balaban J connectivity index is 1.46. The van der Waals surface area contributed by atoms with Crippen LogP contribution in [0.1, 0.15) is 44.1 Å². The molecule has 3 fully saturated rings. The van der Waals surface area contributed by atoms with Crippen LogP contribution in [0.4, 0.5) is 0 Å². The van der Waals surface area contributed by atoms with Gasteiger partial charge in [0.2, 0.25) is 0 Å². The van der Waals surface area contributed by atoms with Crippen molar-refractivity contribution in [3.63, 3.8) is 0 Å². The van der Waals surface area contributed by atoms with Crippen molar-refractivity contribution in [1.29, 1.82) is 0 Å². The zero-order chi connectivity index (χ0) is 16.4. The third kappa shape index (κ3) is 4.01. The highest BCUT2D eigenvalue weighted by molar-refractivity contribution is 5.15. The number of piperidine rings is 1. The maximum atomic E-state index is 6.42. The van der Waals surface area contributed by atoms with E-state index in [0.717, 1.165) is 31.5 Å². The Hall–Kier alpha value is -0.900. The van der Waals surface area contributed by atoms with Gasteiger partial charge in [-0.2, -0.15) is 0 Å². The summed E-state index contributed by atoms with van der Waals surface area (Å²) in [4.78, 5) is 5.48. The Morgan fingerprint density at radius 1 is 1.04 bits per heavy atom. The normalized spacial score (nSPS) is 28.4. The lowest BCUT2D eigenvalue weighted by Gasteiger charge is -2.50. The van der Waals surface area contributed by atoms with Crippen molar-refractivity contribution in [2.24, 2.45) is 17.6 Å². The molecule has 24 heavy (non-hydrogen) atoms. The van der Waals surface area contributed by atoms with Gasteiger partial charge in [-0.1, -0.05) is 30.3 Å². The van der Waals surface area contributed by atoms with Crippen LogP contribution in [0, 0.1) is 11.8 Å². The van der Waals surface area contributed by atoms with E-state index in [-0.39, 0.29) is 5.54 Å². The van der Waals surface area contributed by atoms with E-state index >= 15 is 0 Å². The predicted molar refractivity (Wildman–Crippen MR) is 99.8 cm³/mol. The molecule has 1 aromatic carbocycles. The number of nitrogens with two attached hydrogens (primary N) is 1. The SMILES string of the molecule is NCC1(N(CC2CC2)CC2CC2)CCCN(Cc2ccccc2)C1. The summed E-state index contributed by atoms with van der Waals surface area (Å²) in [5, 5.41) is 0. The van der Waals surface area contributed by atoms with Crippen molar-refractivity contribution in [3.8, 4) is 0 Å². The van der Waals surface area contributed by atoms with Crippen molar-refractivity contribution in [3.05, 3.63) is 35.9 Å². The fourth-order valence-corrected chi connectivity index (χ4v) is 4.42. The standard InChI is InChI=1S/C21H33N3/c22-16-21(24(14-19-7-8-19)15-20-9-10-20)11-4-12-23(17-21)13-18-5-2-1-3-6-18/h1-3,5-6,19-20H,4,7-17,22H2. The second kappa shape index (κ2) is 7.15. The molecule has 2 aliphatic carbocycles. The number of nitrogens with zero attached hydrogens (tertiary/aromatic N) is 2. The topological polar surface area (TPSA) is 32.5 Å². The summed E-state index contributed by atoms with van der Waals surface area (Å²) >= 11 is 0. The van der Waals surface area contributed by atoms with Crippen molar-refractivity contribution in [2.45, 2.75) is 50.6 Å². The molecule has 3 aliphatic rings.